The maximum absolute atomic E-state index is 11.3. The van der Waals surface area contributed by atoms with E-state index < -0.39 is 5.97 Å². The SMILES string of the molecule is CC(=O)c1ccc2[nH]c(C(=O)[O-])c(CC[NH3+])c2c1. The molecule has 94 valence electrons. The molecule has 2 rings (SSSR count). The fourth-order valence-electron chi connectivity index (χ4n) is 2.08. The molecule has 0 aliphatic rings. The smallest absolute Gasteiger partial charge is 0.159 e. The molecule has 1 heterocycles. The Balaban J connectivity index is 2.71. The number of rotatable bonds is 4. The summed E-state index contributed by atoms with van der Waals surface area (Å²) in [5, 5.41) is 11.8. The molecule has 4 N–H and O–H groups in total. The molecule has 1 aromatic heterocycles. The van der Waals surface area contributed by atoms with Gasteiger partial charge >= 0.3 is 0 Å². The van der Waals surface area contributed by atoms with Crippen LogP contribution in [0.3, 0.4) is 0 Å². The van der Waals surface area contributed by atoms with Crippen molar-refractivity contribution in [2.75, 3.05) is 6.54 Å². The third kappa shape index (κ3) is 2.00. The van der Waals surface area contributed by atoms with Crippen LogP contribution in [0.25, 0.3) is 10.9 Å². The van der Waals surface area contributed by atoms with Crippen molar-refractivity contribution in [2.24, 2.45) is 0 Å². The van der Waals surface area contributed by atoms with Gasteiger partial charge in [0.15, 0.2) is 5.78 Å². The second-order valence-corrected chi connectivity index (χ2v) is 4.19. The lowest BCUT2D eigenvalue weighted by Crippen LogP contribution is -2.51. The Morgan fingerprint density at radius 2 is 2.11 bits per heavy atom. The number of carbonyl (C=O) groups is 2. The molecule has 0 aliphatic heterocycles. The van der Waals surface area contributed by atoms with Crippen molar-refractivity contribution in [3.63, 3.8) is 0 Å². The Morgan fingerprint density at radius 1 is 1.39 bits per heavy atom. The molecule has 2 aromatic rings. The summed E-state index contributed by atoms with van der Waals surface area (Å²) in [6.45, 7) is 2.06. The number of quaternary nitrogens is 1. The number of H-pyrrole nitrogens is 1. The Labute approximate surface area is 104 Å². The van der Waals surface area contributed by atoms with Gasteiger partial charge in [-0.3, -0.25) is 4.79 Å². The quantitative estimate of drug-likeness (QED) is 0.712. The van der Waals surface area contributed by atoms with Crippen molar-refractivity contribution in [3.05, 3.63) is 35.0 Å². The molecule has 0 atom stereocenters. The molecular weight excluding hydrogens is 232 g/mol. The topological polar surface area (TPSA) is 101 Å². The molecular formula is C13H14N2O3. The van der Waals surface area contributed by atoms with Crippen LogP contribution in [0.2, 0.25) is 0 Å². The van der Waals surface area contributed by atoms with E-state index in [1.165, 1.54) is 6.92 Å². The maximum Gasteiger partial charge on any atom is 0.159 e. The van der Waals surface area contributed by atoms with E-state index in [-0.39, 0.29) is 11.5 Å². The maximum atomic E-state index is 11.3. The summed E-state index contributed by atoms with van der Waals surface area (Å²) in [7, 11) is 0. The van der Waals surface area contributed by atoms with Crippen molar-refractivity contribution in [1.82, 2.24) is 4.98 Å². The number of ketones is 1. The predicted octanol–water partition coefficient (Wildman–Crippen LogP) is -0.482. The summed E-state index contributed by atoms with van der Waals surface area (Å²) in [6, 6.07) is 5.10. The Hall–Kier alpha value is -2.14. The summed E-state index contributed by atoms with van der Waals surface area (Å²) >= 11 is 0. The number of carboxylic acid groups (broad SMARTS) is 1. The molecule has 18 heavy (non-hydrogen) atoms. The Morgan fingerprint density at radius 3 is 2.67 bits per heavy atom. The van der Waals surface area contributed by atoms with Gasteiger partial charge < -0.3 is 20.6 Å². The van der Waals surface area contributed by atoms with Crippen molar-refractivity contribution < 1.29 is 20.4 Å². The highest BCUT2D eigenvalue weighted by Crippen LogP contribution is 2.24. The minimum Gasteiger partial charge on any atom is -0.543 e. The van der Waals surface area contributed by atoms with Gasteiger partial charge in [0.2, 0.25) is 0 Å². The predicted molar refractivity (Wildman–Crippen MR) is 64.1 cm³/mol. The van der Waals surface area contributed by atoms with Crippen LogP contribution in [-0.4, -0.2) is 23.3 Å². The molecule has 0 unspecified atom stereocenters. The van der Waals surface area contributed by atoms with E-state index in [2.05, 4.69) is 10.7 Å². The first-order valence-corrected chi connectivity index (χ1v) is 5.70. The van der Waals surface area contributed by atoms with Gasteiger partial charge in [-0.25, -0.2) is 0 Å². The molecule has 0 aliphatic carbocycles. The molecule has 0 radical (unpaired) electrons. The van der Waals surface area contributed by atoms with Crippen LogP contribution in [0, 0.1) is 0 Å². The van der Waals surface area contributed by atoms with Crippen LogP contribution < -0.4 is 10.8 Å². The summed E-state index contributed by atoms with van der Waals surface area (Å²) in [5.74, 6) is -1.28. The van der Waals surface area contributed by atoms with Crippen LogP contribution in [0.5, 0.6) is 0 Å². The number of nitrogens with one attached hydrogen (secondary N) is 1. The van der Waals surface area contributed by atoms with Gasteiger partial charge in [0, 0.05) is 22.9 Å². The molecule has 1 aromatic carbocycles. The van der Waals surface area contributed by atoms with Crippen molar-refractivity contribution in [1.29, 1.82) is 0 Å². The number of benzene rings is 1. The lowest BCUT2D eigenvalue weighted by molar-refractivity contribution is -0.366. The number of aromatic nitrogens is 1. The number of hydrogen-bond acceptors (Lipinski definition) is 3. The number of carboxylic acids is 1. The normalized spacial score (nSPS) is 10.8. The number of Topliss-reactive ketones (excluding diaryl/α,β-unsaturated/α-hetero) is 1. The average molecular weight is 246 g/mol. The highest BCUT2D eigenvalue weighted by atomic mass is 16.4. The van der Waals surface area contributed by atoms with E-state index in [4.69, 9.17) is 0 Å². The van der Waals surface area contributed by atoms with E-state index >= 15 is 0 Å². The summed E-state index contributed by atoms with van der Waals surface area (Å²) < 4.78 is 0. The zero-order valence-electron chi connectivity index (χ0n) is 10.1. The largest absolute Gasteiger partial charge is 0.543 e. The molecule has 5 nitrogen and oxygen atoms in total. The van der Waals surface area contributed by atoms with Crippen LogP contribution in [0.4, 0.5) is 0 Å². The van der Waals surface area contributed by atoms with Gasteiger partial charge in [-0.2, -0.15) is 0 Å². The Bertz CT molecular complexity index is 628. The van der Waals surface area contributed by atoms with Crippen LogP contribution >= 0.6 is 0 Å². The number of aromatic carboxylic acids is 1. The van der Waals surface area contributed by atoms with E-state index in [9.17, 15) is 14.7 Å². The van der Waals surface area contributed by atoms with E-state index in [0.29, 0.717) is 29.6 Å². The molecule has 0 saturated heterocycles. The van der Waals surface area contributed by atoms with Gasteiger partial charge in [0.05, 0.1) is 18.2 Å². The van der Waals surface area contributed by atoms with Crippen LogP contribution in [0.1, 0.15) is 33.3 Å². The highest BCUT2D eigenvalue weighted by Gasteiger charge is 2.13. The van der Waals surface area contributed by atoms with Gasteiger partial charge in [0.25, 0.3) is 0 Å². The number of fused-ring (bicyclic) bond motifs is 1. The first kappa shape index (κ1) is 12.3. The van der Waals surface area contributed by atoms with E-state index in [1.807, 2.05) is 0 Å². The lowest BCUT2D eigenvalue weighted by atomic mass is 10.0. The fourth-order valence-corrected chi connectivity index (χ4v) is 2.08. The lowest BCUT2D eigenvalue weighted by Gasteiger charge is -2.03. The zero-order chi connectivity index (χ0) is 13.3. The number of hydrogen-bond donors (Lipinski definition) is 2. The average Bonchev–Trinajstić information content (AvgIpc) is 2.68. The molecule has 0 bridgehead atoms. The minimum atomic E-state index is -1.24. The molecule has 0 spiro atoms. The molecule has 5 heteroatoms. The summed E-state index contributed by atoms with van der Waals surface area (Å²) in [4.78, 5) is 25.2. The van der Waals surface area contributed by atoms with Crippen molar-refractivity contribution in [2.45, 2.75) is 13.3 Å². The number of aromatic amines is 1. The standard InChI is InChI=1S/C13H14N2O3/c1-7(16)8-2-3-11-10(6-8)9(4-5-14)12(15-11)13(17)18/h2-3,6,15H,4-5,14H2,1H3,(H,17,18). The van der Waals surface area contributed by atoms with Crippen molar-refractivity contribution in [3.8, 4) is 0 Å². The minimum absolute atomic E-state index is 0.0475. The third-order valence-corrected chi connectivity index (χ3v) is 2.94. The first-order chi connectivity index (χ1) is 8.54. The van der Waals surface area contributed by atoms with Crippen LogP contribution in [0.15, 0.2) is 18.2 Å². The molecule has 0 fully saturated rings. The number of carbonyl (C=O) groups excluding carboxylic acids is 2. The Kier molecular flexibility index (Phi) is 3.16. The van der Waals surface area contributed by atoms with Crippen molar-refractivity contribution >= 4 is 22.7 Å². The van der Waals surface area contributed by atoms with Gasteiger partial charge in [-0.15, -0.1) is 0 Å². The van der Waals surface area contributed by atoms with Gasteiger partial charge in [-0.1, -0.05) is 0 Å². The second-order valence-electron chi connectivity index (χ2n) is 4.19. The zero-order valence-corrected chi connectivity index (χ0v) is 10.1. The molecule has 0 amide bonds. The second kappa shape index (κ2) is 4.62. The van der Waals surface area contributed by atoms with E-state index in [0.717, 1.165) is 5.39 Å². The van der Waals surface area contributed by atoms with E-state index in [1.54, 1.807) is 18.2 Å². The summed E-state index contributed by atoms with van der Waals surface area (Å²) in [6.07, 6.45) is 0.532. The third-order valence-electron chi connectivity index (χ3n) is 2.94. The monoisotopic (exact) mass is 246 g/mol. The first-order valence-electron chi connectivity index (χ1n) is 5.70. The fraction of sp³-hybridized carbons (Fsp3) is 0.231. The van der Waals surface area contributed by atoms with Gasteiger partial charge in [0.1, 0.15) is 0 Å². The highest BCUT2D eigenvalue weighted by molar-refractivity contribution is 6.01. The van der Waals surface area contributed by atoms with Gasteiger partial charge in [-0.05, 0) is 30.7 Å². The van der Waals surface area contributed by atoms with Crippen LogP contribution in [-0.2, 0) is 6.42 Å². The summed E-state index contributed by atoms with van der Waals surface area (Å²) in [5.41, 5.74) is 5.73. The molecule has 0 saturated carbocycles.